The van der Waals surface area contributed by atoms with Crippen molar-refractivity contribution in [3.8, 4) is 5.75 Å². The molecule has 0 amide bonds. The van der Waals surface area contributed by atoms with Gasteiger partial charge in [-0.05, 0) is 24.6 Å². The van der Waals surface area contributed by atoms with Crippen LogP contribution in [0.3, 0.4) is 0 Å². The van der Waals surface area contributed by atoms with Gasteiger partial charge in [-0.25, -0.2) is 25.3 Å². The molecule has 0 saturated heterocycles. The van der Waals surface area contributed by atoms with Gasteiger partial charge in [-0.2, -0.15) is 0 Å². The van der Waals surface area contributed by atoms with Gasteiger partial charge in [0.05, 0.1) is 21.3 Å². The van der Waals surface area contributed by atoms with Crippen molar-refractivity contribution in [2.45, 2.75) is 73.0 Å². The van der Waals surface area contributed by atoms with Gasteiger partial charge in [0.2, 0.25) is 0 Å². The van der Waals surface area contributed by atoms with E-state index < -0.39 is 45.0 Å². The van der Waals surface area contributed by atoms with Gasteiger partial charge >= 0.3 is 88.7 Å². The molecule has 0 fully saturated rings. The summed E-state index contributed by atoms with van der Waals surface area (Å²) in [5.74, 6) is 0.0242. The Hall–Kier alpha value is 0.450. The molecule has 0 spiro atoms. The van der Waals surface area contributed by atoms with Crippen LogP contribution in [-0.2, 0) is 30.4 Å². The van der Waals surface area contributed by atoms with Gasteiger partial charge in [0.1, 0.15) is 36.1 Å². The van der Waals surface area contributed by atoms with Crippen molar-refractivity contribution in [1.29, 1.82) is 0 Å². The number of unbranched alkanes of at least 4 members (excludes halogenated alkanes) is 7. The van der Waals surface area contributed by atoms with Crippen LogP contribution in [0, 0.1) is 0 Å². The van der Waals surface area contributed by atoms with Gasteiger partial charge in [-0.15, -0.1) is 0 Å². The summed E-state index contributed by atoms with van der Waals surface area (Å²) >= 11 is 0. The quantitative estimate of drug-likeness (QED) is 0.0589. The molecule has 0 aliphatic rings. The van der Waals surface area contributed by atoms with Crippen LogP contribution in [0.2, 0.25) is 0 Å². The molecule has 0 radical (unpaired) electrons. The summed E-state index contributed by atoms with van der Waals surface area (Å²) in [7, 11) is -15.6. The van der Waals surface area contributed by atoms with E-state index in [1.54, 1.807) is 0 Å². The topological polar surface area (TPSA) is 181 Å². The van der Waals surface area contributed by atoms with Crippen LogP contribution >= 0.6 is 0 Å². The van der Waals surface area contributed by atoms with Gasteiger partial charge in [0.15, 0.2) is 0 Å². The summed E-state index contributed by atoms with van der Waals surface area (Å²) < 4.78 is 115. The molecule has 16 heteroatoms. The maximum atomic E-state index is 12.2. The molecule has 0 saturated carbocycles. The molecule has 4 aromatic rings. The molecule has 0 unspecified atom stereocenters. The molecular formula is C26H27Na3O10S3. The van der Waals surface area contributed by atoms with E-state index in [0.717, 1.165) is 44.2 Å². The average Bonchev–Trinajstić information content (AvgIpc) is 2.84. The predicted octanol–water partition coefficient (Wildman–Crippen LogP) is -4.17. The molecule has 10 nitrogen and oxygen atoms in total. The maximum absolute atomic E-state index is 12.2. The Morgan fingerprint density at radius 2 is 0.905 bits per heavy atom. The van der Waals surface area contributed by atoms with E-state index in [-0.39, 0.29) is 133 Å². The first-order valence-electron chi connectivity index (χ1n) is 12.5. The molecule has 42 heavy (non-hydrogen) atoms. The smallest absolute Gasteiger partial charge is 0.744 e. The standard InChI is InChI=1S/C26H30O10S3.3Na/c1-2-3-4-5-6-7-8-9-14-36-21-15-22(37(27,28)29)18-12-13-20-24(39(33,34)35)16-23(38(30,31)32)19-11-10-17(21)25(18)26(19)20;;;/h10-13,15-16H,2-9,14H2,1H3,(H,27,28,29)(H,30,31,32)(H,33,34,35);;;/q;3*+1/p-3. The molecular weight excluding hydrogens is 637 g/mol. The Kier molecular flexibility index (Phi) is 15.7. The summed E-state index contributed by atoms with van der Waals surface area (Å²) in [6.07, 6.45) is 8.33. The van der Waals surface area contributed by atoms with E-state index >= 15 is 0 Å². The van der Waals surface area contributed by atoms with Gasteiger partial charge in [0, 0.05) is 32.3 Å². The molecule has 0 aliphatic carbocycles. The van der Waals surface area contributed by atoms with Gasteiger partial charge in [-0.1, -0.05) is 70.1 Å². The number of rotatable bonds is 13. The van der Waals surface area contributed by atoms with E-state index in [9.17, 15) is 38.9 Å². The Labute approximate surface area is 312 Å². The molecule has 0 atom stereocenters. The Balaban J connectivity index is 0.00000294. The van der Waals surface area contributed by atoms with Crippen LogP contribution in [0.5, 0.6) is 5.75 Å². The minimum Gasteiger partial charge on any atom is -0.744 e. The van der Waals surface area contributed by atoms with Crippen molar-refractivity contribution < 1.29 is 132 Å². The van der Waals surface area contributed by atoms with Crippen molar-refractivity contribution >= 4 is 62.7 Å². The first-order valence-corrected chi connectivity index (χ1v) is 16.8. The second kappa shape index (κ2) is 16.3. The van der Waals surface area contributed by atoms with Crippen molar-refractivity contribution in [2.24, 2.45) is 0 Å². The number of hydrogen-bond acceptors (Lipinski definition) is 10. The third-order valence-corrected chi connectivity index (χ3v) is 9.44. The minimum absolute atomic E-state index is 0. The van der Waals surface area contributed by atoms with Crippen LogP contribution in [-0.4, -0.2) is 45.5 Å². The third-order valence-electron chi connectivity index (χ3n) is 6.81. The molecule has 212 valence electrons. The molecule has 0 bridgehead atoms. The van der Waals surface area contributed by atoms with Crippen LogP contribution in [0.25, 0.3) is 32.3 Å². The largest absolute Gasteiger partial charge is 1.00 e. The van der Waals surface area contributed by atoms with Gasteiger partial charge in [-0.3, -0.25) is 0 Å². The third kappa shape index (κ3) is 9.04. The van der Waals surface area contributed by atoms with E-state index in [1.807, 2.05) is 0 Å². The summed E-state index contributed by atoms with van der Waals surface area (Å²) in [6, 6.07) is 6.57. The van der Waals surface area contributed by atoms with E-state index in [1.165, 1.54) is 31.0 Å². The Bertz CT molecular complexity index is 1810. The summed E-state index contributed by atoms with van der Waals surface area (Å²) in [5, 5.41) is -0.404. The van der Waals surface area contributed by atoms with Crippen LogP contribution in [0.15, 0.2) is 51.1 Å². The number of hydrogen-bond donors (Lipinski definition) is 0. The zero-order chi connectivity index (χ0) is 28.6. The van der Waals surface area contributed by atoms with Crippen molar-refractivity contribution in [3.05, 3.63) is 36.4 Å². The second-order valence-corrected chi connectivity index (χ2v) is 13.5. The van der Waals surface area contributed by atoms with Gasteiger partial charge < -0.3 is 18.4 Å². The zero-order valence-electron chi connectivity index (χ0n) is 24.1. The average molecular weight is 665 g/mol. The normalized spacial score (nSPS) is 12.2. The number of ether oxygens (including phenoxy) is 1. The summed E-state index contributed by atoms with van der Waals surface area (Å²) in [6.45, 7) is 2.35. The van der Waals surface area contributed by atoms with Crippen molar-refractivity contribution in [3.63, 3.8) is 0 Å². The molecule has 0 aromatic heterocycles. The monoisotopic (exact) mass is 664 g/mol. The molecule has 4 rings (SSSR count). The first kappa shape index (κ1) is 40.5. The summed E-state index contributed by atoms with van der Waals surface area (Å²) in [4.78, 5) is -2.55. The van der Waals surface area contributed by atoms with Crippen LogP contribution in [0.1, 0.15) is 58.3 Å². The fourth-order valence-corrected chi connectivity index (χ4v) is 7.19. The summed E-state index contributed by atoms with van der Waals surface area (Å²) in [5.41, 5.74) is 0. The van der Waals surface area contributed by atoms with Gasteiger partial charge in [0.25, 0.3) is 0 Å². The molecule has 0 N–H and O–H groups in total. The van der Waals surface area contributed by atoms with E-state index in [2.05, 4.69) is 6.92 Å². The first-order chi connectivity index (χ1) is 18.2. The molecule has 0 heterocycles. The fraction of sp³-hybridized carbons (Fsp3) is 0.385. The van der Waals surface area contributed by atoms with Crippen molar-refractivity contribution in [1.82, 2.24) is 0 Å². The molecule has 0 aliphatic heterocycles. The predicted molar refractivity (Wildman–Crippen MR) is 142 cm³/mol. The second-order valence-electron chi connectivity index (χ2n) is 9.50. The maximum Gasteiger partial charge on any atom is 1.00 e. The van der Waals surface area contributed by atoms with Crippen LogP contribution < -0.4 is 93.4 Å². The fourth-order valence-electron chi connectivity index (χ4n) is 5.02. The van der Waals surface area contributed by atoms with E-state index in [4.69, 9.17) is 4.74 Å². The SMILES string of the molecule is CCCCCCCCCCOc1cc(S(=O)(=O)[O-])c2ccc3c(S(=O)(=O)[O-])cc(S(=O)(=O)[O-])c4ccc1c2c43.[Na+].[Na+].[Na+]. The molecule has 4 aromatic carbocycles. The van der Waals surface area contributed by atoms with Crippen molar-refractivity contribution in [2.75, 3.05) is 6.61 Å². The number of benzene rings is 4. The minimum atomic E-state index is -5.25. The zero-order valence-corrected chi connectivity index (χ0v) is 32.6. The Morgan fingerprint density at radius 1 is 0.548 bits per heavy atom. The van der Waals surface area contributed by atoms with E-state index in [0.29, 0.717) is 12.5 Å². The Morgan fingerprint density at radius 3 is 1.33 bits per heavy atom. The van der Waals surface area contributed by atoms with Crippen LogP contribution in [0.4, 0.5) is 0 Å².